The first-order chi connectivity index (χ1) is 9.85. The van der Waals surface area contributed by atoms with Gasteiger partial charge in [-0.2, -0.15) is 0 Å². The van der Waals surface area contributed by atoms with Gasteiger partial charge in [0.2, 0.25) is 0 Å². The lowest BCUT2D eigenvalue weighted by Crippen LogP contribution is -2.24. The van der Waals surface area contributed by atoms with E-state index >= 15 is 0 Å². The minimum absolute atomic E-state index is 0.118. The number of carbonyl (C=O) groups excluding carboxylic acids is 2. The molecule has 1 aromatic rings. The van der Waals surface area contributed by atoms with Crippen LogP contribution in [0, 0.1) is 11.3 Å². The van der Waals surface area contributed by atoms with Crippen LogP contribution in [-0.4, -0.2) is 18.4 Å². The minimum Gasteiger partial charge on any atom is -0.462 e. The fourth-order valence-electron chi connectivity index (χ4n) is 1.93. The van der Waals surface area contributed by atoms with E-state index in [9.17, 15) is 9.59 Å². The highest BCUT2D eigenvalue weighted by Crippen LogP contribution is 2.24. The normalized spacial score (nSPS) is 12.8. The van der Waals surface area contributed by atoms with Gasteiger partial charge in [0, 0.05) is 12.3 Å². The van der Waals surface area contributed by atoms with E-state index in [1.165, 1.54) is 0 Å². The van der Waals surface area contributed by atoms with Crippen LogP contribution in [0.3, 0.4) is 0 Å². The molecule has 1 atom stereocenters. The maximum absolute atomic E-state index is 11.9. The Labute approximate surface area is 127 Å². The van der Waals surface area contributed by atoms with Crippen LogP contribution in [0.2, 0.25) is 0 Å². The second-order valence-electron chi connectivity index (χ2n) is 6.38. The van der Waals surface area contributed by atoms with Crippen LogP contribution in [0.15, 0.2) is 30.3 Å². The SMILES string of the molecule is CCC(C)C(=O)CCC(C)(C)COC(=O)c1ccccc1. The van der Waals surface area contributed by atoms with Gasteiger partial charge in [-0.15, -0.1) is 0 Å². The molecule has 116 valence electrons. The monoisotopic (exact) mass is 290 g/mol. The first-order valence-electron chi connectivity index (χ1n) is 7.60. The van der Waals surface area contributed by atoms with Crippen molar-refractivity contribution in [3.8, 4) is 0 Å². The summed E-state index contributed by atoms with van der Waals surface area (Å²) in [5.41, 5.74) is 0.372. The first-order valence-corrected chi connectivity index (χ1v) is 7.60. The zero-order valence-electron chi connectivity index (χ0n) is 13.5. The zero-order chi connectivity index (χ0) is 15.9. The van der Waals surface area contributed by atoms with Crippen LogP contribution in [0.4, 0.5) is 0 Å². The molecular weight excluding hydrogens is 264 g/mol. The molecule has 0 amide bonds. The lowest BCUT2D eigenvalue weighted by molar-refractivity contribution is -0.123. The zero-order valence-corrected chi connectivity index (χ0v) is 13.5. The van der Waals surface area contributed by atoms with Gasteiger partial charge in [0.05, 0.1) is 12.2 Å². The second-order valence-corrected chi connectivity index (χ2v) is 6.38. The molecule has 0 aliphatic heterocycles. The third-order valence-corrected chi connectivity index (χ3v) is 3.81. The number of carbonyl (C=O) groups is 2. The first kappa shape index (κ1) is 17.4. The number of Topliss-reactive ketones (excluding diaryl/α,β-unsaturated/α-hetero) is 1. The van der Waals surface area contributed by atoms with E-state index < -0.39 is 0 Å². The Balaban J connectivity index is 2.42. The van der Waals surface area contributed by atoms with E-state index in [-0.39, 0.29) is 17.3 Å². The maximum atomic E-state index is 11.9. The van der Waals surface area contributed by atoms with Crippen molar-refractivity contribution in [1.82, 2.24) is 0 Å². The average Bonchev–Trinajstić information content (AvgIpc) is 2.50. The van der Waals surface area contributed by atoms with Gasteiger partial charge in [0.25, 0.3) is 0 Å². The number of rotatable bonds is 8. The van der Waals surface area contributed by atoms with Gasteiger partial charge >= 0.3 is 5.97 Å². The second kappa shape index (κ2) is 7.96. The fourth-order valence-corrected chi connectivity index (χ4v) is 1.93. The number of ketones is 1. The lowest BCUT2D eigenvalue weighted by Gasteiger charge is -2.24. The Bertz CT molecular complexity index is 463. The quantitative estimate of drug-likeness (QED) is 0.672. The van der Waals surface area contributed by atoms with E-state index in [1.54, 1.807) is 12.1 Å². The van der Waals surface area contributed by atoms with Crippen molar-refractivity contribution in [1.29, 1.82) is 0 Å². The number of esters is 1. The molecule has 3 nitrogen and oxygen atoms in total. The Morgan fingerprint density at radius 1 is 1.19 bits per heavy atom. The molecule has 0 aliphatic carbocycles. The van der Waals surface area contributed by atoms with E-state index in [0.717, 1.165) is 12.8 Å². The smallest absolute Gasteiger partial charge is 0.338 e. The van der Waals surface area contributed by atoms with E-state index in [0.29, 0.717) is 24.4 Å². The third kappa shape index (κ3) is 6.11. The summed E-state index contributed by atoms with van der Waals surface area (Å²) in [6.07, 6.45) is 2.16. The van der Waals surface area contributed by atoms with Gasteiger partial charge in [-0.25, -0.2) is 4.79 Å². The molecule has 0 spiro atoms. The summed E-state index contributed by atoms with van der Waals surface area (Å²) >= 11 is 0. The Morgan fingerprint density at radius 2 is 1.81 bits per heavy atom. The maximum Gasteiger partial charge on any atom is 0.338 e. The molecule has 0 radical (unpaired) electrons. The molecular formula is C18H26O3. The van der Waals surface area contributed by atoms with Gasteiger partial charge in [-0.3, -0.25) is 4.79 Å². The van der Waals surface area contributed by atoms with Crippen molar-refractivity contribution in [2.24, 2.45) is 11.3 Å². The van der Waals surface area contributed by atoms with Crippen LogP contribution in [0.5, 0.6) is 0 Å². The molecule has 0 heterocycles. The number of ether oxygens (including phenoxy) is 1. The molecule has 1 rings (SSSR count). The standard InChI is InChI=1S/C18H26O3/c1-5-14(2)16(19)11-12-18(3,4)13-21-17(20)15-9-7-6-8-10-15/h6-10,14H,5,11-13H2,1-4H3. The van der Waals surface area contributed by atoms with Crippen molar-refractivity contribution in [2.75, 3.05) is 6.61 Å². The van der Waals surface area contributed by atoms with Crippen LogP contribution >= 0.6 is 0 Å². The van der Waals surface area contributed by atoms with Crippen LogP contribution < -0.4 is 0 Å². The van der Waals surface area contributed by atoms with Crippen molar-refractivity contribution >= 4 is 11.8 Å². The molecule has 0 aromatic heterocycles. The molecule has 0 bridgehead atoms. The Hall–Kier alpha value is -1.64. The summed E-state index contributed by atoms with van der Waals surface area (Å²) in [6, 6.07) is 8.96. The minimum atomic E-state index is -0.308. The Morgan fingerprint density at radius 3 is 2.38 bits per heavy atom. The molecule has 0 N–H and O–H groups in total. The number of benzene rings is 1. The highest BCUT2D eigenvalue weighted by Gasteiger charge is 2.23. The molecule has 3 heteroatoms. The molecule has 0 saturated carbocycles. The predicted molar refractivity (Wildman–Crippen MR) is 84.2 cm³/mol. The van der Waals surface area contributed by atoms with E-state index in [4.69, 9.17) is 4.74 Å². The summed E-state index contributed by atoms with van der Waals surface area (Å²) < 4.78 is 5.36. The molecule has 0 fully saturated rings. The van der Waals surface area contributed by atoms with Gasteiger partial charge in [-0.05, 0) is 30.4 Å². The van der Waals surface area contributed by atoms with E-state index in [1.807, 2.05) is 45.9 Å². The molecule has 0 saturated heterocycles. The summed E-state index contributed by atoms with van der Waals surface area (Å²) in [6.45, 7) is 8.36. The van der Waals surface area contributed by atoms with Crippen LogP contribution in [-0.2, 0) is 9.53 Å². The van der Waals surface area contributed by atoms with Crippen molar-refractivity contribution in [3.63, 3.8) is 0 Å². The summed E-state index contributed by atoms with van der Waals surface area (Å²) in [4.78, 5) is 23.8. The lowest BCUT2D eigenvalue weighted by atomic mass is 9.86. The van der Waals surface area contributed by atoms with Crippen molar-refractivity contribution < 1.29 is 14.3 Å². The highest BCUT2D eigenvalue weighted by atomic mass is 16.5. The molecule has 1 unspecified atom stereocenters. The van der Waals surface area contributed by atoms with Crippen molar-refractivity contribution in [2.45, 2.75) is 47.0 Å². The summed E-state index contributed by atoms with van der Waals surface area (Å²) in [5.74, 6) is 0.101. The van der Waals surface area contributed by atoms with Crippen LogP contribution in [0.1, 0.15) is 57.3 Å². The summed E-state index contributed by atoms with van der Waals surface area (Å²) in [7, 11) is 0. The average molecular weight is 290 g/mol. The molecule has 1 aromatic carbocycles. The van der Waals surface area contributed by atoms with Gasteiger partial charge in [-0.1, -0.05) is 45.9 Å². The van der Waals surface area contributed by atoms with E-state index in [2.05, 4.69) is 0 Å². The highest BCUT2D eigenvalue weighted by molar-refractivity contribution is 5.89. The number of hydrogen-bond donors (Lipinski definition) is 0. The van der Waals surface area contributed by atoms with Crippen LogP contribution in [0.25, 0.3) is 0 Å². The molecule has 0 aliphatic rings. The Kier molecular flexibility index (Phi) is 6.60. The van der Waals surface area contributed by atoms with Gasteiger partial charge in [0.1, 0.15) is 5.78 Å². The summed E-state index contributed by atoms with van der Waals surface area (Å²) in [5, 5.41) is 0. The van der Waals surface area contributed by atoms with Gasteiger partial charge < -0.3 is 4.74 Å². The largest absolute Gasteiger partial charge is 0.462 e. The van der Waals surface area contributed by atoms with Gasteiger partial charge in [0.15, 0.2) is 0 Å². The van der Waals surface area contributed by atoms with Crippen molar-refractivity contribution in [3.05, 3.63) is 35.9 Å². The molecule has 21 heavy (non-hydrogen) atoms. The fraction of sp³-hybridized carbons (Fsp3) is 0.556. The topological polar surface area (TPSA) is 43.4 Å². The number of hydrogen-bond acceptors (Lipinski definition) is 3. The third-order valence-electron chi connectivity index (χ3n) is 3.81. The predicted octanol–water partition coefficient (Wildman–Crippen LogP) is 4.27.